The molecule has 5 nitrogen and oxygen atoms in total. The Balaban J connectivity index is 1.34. The molecule has 2 amide bonds. The minimum absolute atomic E-state index is 0.0404. The van der Waals surface area contributed by atoms with Crippen LogP contribution in [0, 0.1) is 5.92 Å². The summed E-state index contributed by atoms with van der Waals surface area (Å²) in [5, 5.41) is 3.22. The molecule has 35 heavy (non-hydrogen) atoms. The van der Waals surface area contributed by atoms with Crippen LogP contribution in [0.25, 0.3) is 0 Å². The smallest absolute Gasteiger partial charge is 0.254 e. The van der Waals surface area contributed by atoms with E-state index in [2.05, 4.69) is 11.4 Å². The molecule has 0 radical (unpaired) electrons. The Morgan fingerprint density at radius 1 is 1.06 bits per heavy atom. The standard InChI is InChI=1S/C27H26Cl2N2O3S/c28-20-6-8-22(9-7-20)34-17-24-23-11-13-35-25(23)10-12-31(24)26(32)16-30(15-18-4-5-18)27(33)19-2-1-3-21(29)14-19/h1-3,6-9,11,13-14,18,24H,4-5,10,12,15-17H2/t24-/m1/s1. The number of thiophene rings is 1. The second kappa shape index (κ2) is 10.6. The zero-order valence-electron chi connectivity index (χ0n) is 19.2. The van der Waals surface area contributed by atoms with E-state index in [4.69, 9.17) is 27.9 Å². The molecule has 0 spiro atoms. The van der Waals surface area contributed by atoms with E-state index < -0.39 is 0 Å². The Morgan fingerprint density at radius 3 is 2.60 bits per heavy atom. The highest BCUT2D eigenvalue weighted by molar-refractivity contribution is 7.10. The van der Waals surface area contributed by atoms with Gasteiger partial charge in [-0.2, -0.15) is 0 Å². The van der Waals surface area contributed by atoms with E-state index in [1.165, 1.54) is 4.88 Å². The summed E-state index contributed by atoms with van der Waals surface area (Å²) in [6.45, 7) is 1.56. The van der Waals surface area contributed by atoms with Crippen LogP contribution < -0.4 is 4.74 Å². The highest BCUT2D eigenvalue weighted by Gasteiger charge is 2.35. The van der Waals surface area contributed by atoms with E-state index in [0.29, 0.717) is 47.0 Å². The molecule has 2 aliphatic rings. The lowest BCUT2D eigenvalue weighted by molar-refractivity contribution is -0.135. The Hall–Kier alpha value is -2.54. The number of halogens is 2. The second-order valence-corrected chi connectivity index (χ2v) is 10.9. The molecule has 3 aromatic rings. The summed E-state index contributed by atoms with van der Waals surface area (Å²) in [4.78, 5) is 31.8. The van der Waals surface area contributed by atoms with Gasteiger partial charge >= 0.3 is 0 Å². The van der Waals surface area contributed by atoms with Crippen molar-refractivity contribution in [3.8, 4) is 5.75 Å². The van der Waals surface area contributed by atoms with E-state index in [1.54, 1.807) is 52.6 Å². The molecule has 2 heterocycles. The van der Waals surface area contributed by atoms with Gasteiger partial charge in [0.15, 0.2) is 0 Å². The number of nitrogens with zero attached hydrogens (tertiary/aromatic N) is 2. The van der Waals surface area contributed by atoms with Gasteiger partial charge in [0.05, 0.1) is 6.04 Å². The molecule has 182 valence electrons. The third-order valence-electron chi connectivity index (χ3n) is 6.50. The molecule has 1 aliphatic carbocycles. The van der Waals surface area contributed by atoms with Crippen molar-refractivity contribution >= 4 is 46.4 Å². The molecule has 8 heteroatoms. The maximum atomic E-state index is 13.6. The number of benzene rings is 2. The molecule has 0 unspecified atom stereocenters. The maximum absolute atomic E-state index is 13.6. The van der Waals surface area contributed by atoms with Gasteiger partial charge in [0.25, 0.3) is 5.91 Å². The van der Waals surface area contributed by atoms with Crippen LogP contribution >= 0.6 is 34.5 Å². The Morgan fingerprint density at radius 2 is 1.86 bits per heavy atom. The first-order chi connectivity index (χ1) is 17.0. The number of fused-ring (bicyclic) bond motifs is 1. The first kappa shape index (κ1) is 24.2. The summed E-state index contributed by atoms with van der Waals surface area (Å²) in [7, 11) is 0. The van der Waals surface area contributed by atoms with Gasteiger partial charge in [0.2, 0.25) is 5.91 Å². The van der Waals surface area contributed by atoms with Gasteiger partial charge in [-0.05, 0) is 84.7 Å². The Labute approximate surface area is 219 Å². The summed E-state index contributed by atoms with van der Waals surface area (Å²) in [5.74, 6) is 0.938. The minimum Gasteiger partial charge on any atom is -0.491 e. The van der Waals surface area contributed by atoms with Crippen molar-refractivity contribution in [2.45, 2.75) is 25.3 Å². The van der Waals surface area contributed by atoms with Crippen LogP contribution in [0.5, 0.6) is 5.75 Å². The van der Waals surface area contributed by atoms with Crippen LogP contribution in [0.15, 0.2) is 60.0 Å². The predicted molar refractivity (Wildman–Crippen MR) is 140 cm³/mol. The molecule has 0 bridgehead atoms. The monoisotopic (exact) mass is 528 g/mol. The molecule has 1 fully saturated rings. The van der Waals surface area contributed by atoms with Gasteiger partial charge in [-0.15, -0.1) is 11.3 Å². The molecule has 0 saturated heterocycles. The lowest BCUT2D eigenvalue weighted by Crippen LogP contribution is -2.48. The topological polar surface area (TPSA) is 49.9 Å². The van der Waals surface area contributed by atoms with Crippen molar-refractivity contribution in [3.05, 3.63) is 86.0 Å². The zero-order chi connectivity index (χ0) is 24.4. The highest BCUT2D eigenvalue weighted by Crippen LogP contribution is 2.35. The number of carbonyl (C=O) groups is 2. The average Bonchev–Trinajstić information content (AvgIpc) is 3.54. The number of ether oxygens (including phenoxy) is 1. The van der Waals surface area contributed by atoms with Crippen molar-refractivity contribution in [3.63, 3.8) is 0 Å². The summed E-state index contributed by atoms with van der Waals surface area (Å²) in [6.07, 6.45) is 2.99. The van der Waals surface area contributed by atoms with Crippen LogP contribution in [0.3, 0.4) is 0 Å². The minimum atomic E-state index is -0.211. The molecule has 0 N–H and O–H groups in total. The third-order valence-corrected chi connectivity index (χ3v) is 7.98. The van der Waals surface area contributed by atoms with Gasteiger partial charge in [-0.25, -0.2) is 0 Å². The van der Waals surface area contributed by atoms with E-state index >= 15 is 0 Å². The Bertz CT molecular complexity index is 1210. The lowest BCUT2D eigenvalue weighted by atomic mass is 10.0. The van der Waals surface area contributed by atoms with Gasteiger partial charge in [0.1, 0.15) is 18.9 Å². The molecule has 1 aliphatic heterocycles. The fourth-order valence-corrected chi connectivity index (χ4v) is 5.71. The predicted octanol–water partition coefficient (Wildman–Crippen LogP) is 6.11. The quantitative estimate of drug-likeness (QED) is 0.354. The largest absolute Gasteiger partial charge is 0.491 e. The number of amides is 2. The van der Waals surface area contributed by atoms with E-state index in [1.807, 2.05) is 17.0 Å². The fraction of sp³-hybridized carbons (Fsp3) is 0.333. The highest BCUT2D eigenvalue weighted by atomic mass is 35.5. The summed E-state index contributed by atoms with van der Waals surface area (Å²) < 4.78 is 6.07. The van der Waals surface area contributed by atoms with Gasteiger partial charge in [-0.3, -0.25) is 9.59 Å². The van der Waals surface area contributed by atoms with E-state index in [9.17, 15) is 9.59 Å². The third kappa shape index (κ3) is 5.83. The summed E-state index contributed by atoms with van der Waals surface area (Å²) >= 11 is 13.8. The molecule has 1 atom stereocenters. The number of hydrogen-bond acceptors (Lipinski definition) is 4. The van der Waals surface area contributed by atoms with E-state index in [0.717, 1.165) is 24.8 Å². The van der Waals surface area contributed by atoms with Crippen LogP contribution in [0.1, 0.15) is 39.7 Å². The first-order valence-corrected chi connectivity index (χ1v) is 13.4. The normalized spacial score (nSPS) is 17.1. The molecule has 5 rings (SSSR count). The van der Waals surface area contributed by atoms with Gasteiger partial charge in [-0.1, -0.05) is 29.3 Å². The van der Waals surface area contributed by atoms with Crippen molar-refractivity contribution in [1.82, 2.24) is 9.80 Å². The van der Waals surface area contributed by atoms with Gasteiger partial charge in [0, 0.05) is 33.6 Å². The SMILES string of the molecule is O=C(c1cccc(Cl)c1)N(CC(=O)N1CCc2sccc2[C@H]1COc1ccc(Cl)cc1)CC1CC1. The molecule has 2 aromatic carbocycles. The van der Waals surface area contributed by atoms with Crippen LogP contribution in [-0.2, 0) is 11.2 Å². The fourth-order valence-electron chi connectivity index (χ4n) is 4.47. The zero-order valence-corrected chi connectivity index (χ0v) is 21.5. The van der Waals surface area contributed by atoms with Crippen LogP contribution in [-0.4, -0.2) is 47.9 Å². The van der Waals surface area contributed by atoms with Crippen LogP contribution in [0.2, 0.25) is 10.0 Å². The summed E-state index contributed by atoms with van der Waals surface area (Å²) in [6, 6.07) is 16.0. The molecule has 1 saturated carbocycles. The van der Waals surface area contributed by atoms with Crippen LogP contribution in [0.4, 0.5) is 0 Å². The molecular formula is C27H26Cl2N2O3S. The Kier molecular flexibility index (Phi) is 7.32. The average molecular weight is 529 g/mol. The summed E-state index contributed by atoms with van der Waals surface area (Å²) in [5.41, 5.74) is 1.63. The van der Waals surface area contributed by atoms with Crippen molar-refractivity contribution in [1.29, 1.82) is 0 Å². The van der Waals surface area contributed by atoms with Gasteiger partial charge < -0.3 is 14.5 Å². The molecular weight excluding hydrogens is 503 g/mol. The second-order valence-electron chi connectivity index (χ2n) is 9.06. The first-order valence-electron chi connectivity index (χ1n) is 11.8. The maximum Gasteiger partial charge on any atom is 0.254 e. The number of carbonyl (C=O) groups excluding carboxylic acids is 2. The lowest BCUT2D eigenvalue weighted by Gasteiger charge is -2.37. The molecule has 1 aromatic heterocycles. The van der Waals surface area contributed by atoms with Crippen molar-refractivity contribution < 1.29 is 14.3 Å². The van der Waals surface area contributed by atoms with Crippen molar-refractivity contribution in [2.75, 3.05) is 26.2 Å². The van der Waals surface area contributed by atoms with Crippen molar-refractivity contribution in [2.24, 2.45) is 5.92 Å². The number of hydrogen-bond donors (Lipinski definition) is 0. The van der Waals surface area contributed by atoms with E-state index in [-0.39, 0.29) is 24.4 Å². The number of rotatable bonds is 8.